The molecule has 4 aliphatic carbocycles. The van der Waals surface area contributed by atoms with Crippen molar-refractivity contribution in [1.29, 1.82) is 0 Å². The van der Waals surface area contributed by atoms with Crippen LogP contribution in [-0.4, -0.2) is 157 Å². The van der Waals surface area contributed by atoms with Crippen molar-refractivity contribution < 1.29 is 33.4 Å². The zero-order chi connectivity index (χ0) is 61.6. The van der Waals surface area contributed by atoms with Gasteiger partial charge < -0.3 is 50.0 Å². The van der Waals surface area contributed by atoms with Crippen molar-refractivity contribution in [3.05, 3.63) is 30.4 Å². The zero-order valence-electron chi connectivity index (χ0n) is 55.4. The highest BCUT2D eigenvalue weighted by Gasteiger charge is 2.61. The number of aromatic nitrogens is 2. The van der Waals surface area contributed by atoms with Crippen LogP contribution in [0.2, 0.25) is 0 Å². The van der Waals surface area contributed by atoms with Gasteiger partial charge in [0, 0.05) is 57.0 Å². The lowest BCUT2D eigenvalue weighted by Crippen LogP contribution is -2.55. The Bertz CT molecular complexity index is 2190. The number of hydrogen-bond donors (Lipinski definition) is 4. The lowest BCUT2D eigenvalue weighted by Gasteiger charge is -2.61. The van der Waals surface area contributed by atoms with E-state index in [0.717, 1.165) is 70.4 Å². The number of ether oxygens (including phenoxy) is 2. The Kier molecular flexibility index (Phi) is 28.4. The predicted octanol–water partition coefficient (Wildman–Crippen LogP) is 12.9. The van der Waals surface area contributed by atoms with Gasteiger partial charge in [0.05, 0.1) is 6.33 Å². The van der Waals surface area contributed by atoms with Crippen LogP contribution in [0.25, 0.3) is 0 Å². The van der Waals surface area contributed by atoms with Crippen LogP contribution in [0, 0.1) is 46.3 Å². The second-order valence-electron chi connectivity index (χ2n) is 29.2. The third-order valence-electron chi connectivity index (χ3n) is 21.0. The lowest BCUT2D eigenvalue weighted by atomic mass is 9.44. The van der Waals surface area contributed by atoms with Gasteiger partial charge in [0.25, 0.3) is 0 Å². The molecule has 0 spiro atoms. The summed E-state index contributed by atoms with van der Waals surface area (Å²) in [6.07, 6.45) is 38.5. The number of unbranched alkanes of at least 4 members (excludes halogenated alkanes) is 12. The van der Waals surface area contributed by atoms with Gasteiger partial charge in [-0.25, -0.2) is 14.6 Å². The van der Waals surface area contributed by atoms with E-state index in [1.54, 1.807) is 31.9 Å². The molecule has 5 amide bonds. The Morgan fingerprint density at radius 2 is 1.40 bits per heavy atom. The van der Waals surface area contributed by atoms with Crippen molar-refractivity contribution in [2.75, 3.05) is 67.5 Å². The topological polar surface area (TPSA) is 182 Å². The zero-order valence-corrected chi connectivity index (χ0v) is 55.4. The minimum Gasteiger partial charge on any atom is -0.446 e. The van der Waals surface area contributed by atoms with Gasteiger partial charge in [-0.05, 0) is 224 Å². The van der Waals surface area contributed by atoms with Crippen LogP contribution >= 0.6 is 0 Å². The Balaban J connectivity index is 0.968. The molecule has 6 rings (SSSR count). The molecule has 1 saturated heterocycles. The molecule has 85 heavy (non-hydrogen) atoms. The second kappa shape index (κ2) is 34.5. The molecular weight excluding hydrogens is 1070 g/mol. The highest BCUT2D eigenvalue weighted by Crippen LogP contribution is 2.68. The molecule has 4 saturated carbocycles. The van der Waals surface area contributed by atoms with E-state index in [4.69, 9.17) is 9.47 Å². The maximum Gasteiger partial charge on any atom is 0.408 e. The van der Waals surface area contributed by atoms with Crippen LogP contribution in [0.5, 0.6) is 0 Å². The summed E-state index contributed by atoms with van der Waals surface area (Å²) in [5.41, 5.74) is 0.389. The van der Waals surface area contributed by atoms with E-state index in [9.17, 15) is 24.0 Å². The molecule has 5 unspecified atom stereocenters. The van der Waals surface area contributed by atoms with Crippen LogP contribution in [0.4, 0.5) is 9.59 Å². The molecule has 1 aliphatic heterocycles. The molecule has 484 valence electrons. The van der Waals surface area contributed by atoms with E-state index in [1.807, 2.05) is 33.1 Å². The first-order valence-electron chi connectivity index (χ1n) is 34.4. The molecule has 16 nitrogen and oxygen atoms in total. The number of H-pyrrole nitrogens is 1. The number of hydrogen-bond acceptors (Lipinski definition) is 10. The maximum atomic E-state index is 14.9. The van der Waals surface area contributed by atoms with Gasteiger partial charge in [0.1, 0.15) is 23.8 Å². The van der Waals surface area contributed by atoms with Crippen molar-refractivity contribution >= 4 is 29.9 Å². The van der Waals surface area contributed by atoms with Gasteiger partial charge in [-0.15, -0.1) is 0 Å². The first kappa shape index (κ1) is 69.9. The summed E-state index contributed by atoms with van der Waals surface area (Å²) < 4.78 is 11.8. The number of fused-ring (bicyclic) bond motifs is 5. The van der Waals surface area contributed by atoms with Crippen molar-refractivity contribution in [3.8, 4) is 0 Å². The summed E-state index contributed by atoms with van der Waals surface area (Å²) in [6.45, 7) is 18.7. The van der Waals surface area contributed by atoms with Crippen LogP contribution in [-0.2, 0) is 30.3 Å². The van der Waals surface area contributed by atoms with Crippen LogP contribution in [0.15, 0.2) is 24.7 Å². The van der Waals surface area contributed by atoms with Gasteiger partial charge >= 0.3 is 12.2 Å². The van der Waals surface area contributed by atoms with Crippen LogP contribution in [0.1, 0.15) is 234 Å². The fourth-order valence-corrected chi connectivity index (χ4v) is 16.5. The Labute approximate surface area is 515 Å². The number of aromatic amines is 1. The van der Waals surface area contributed by atoms with Crippen molar-refractivity contribution in [3.63, 3.8) is 0 Å². The number of carbonyl (C=O) groups is 5. The van der Waals surface area contributed by atoms with Gasteiger partial charge in [-0.2, -0.15) is 0 Å². The molecule has 1 aromatic heterocycles. The summed E-state index contributed by atoms with van der Waals surface area (Å²) in [5, 5.41) is 9.22. The average Bonchev–Trinajstić information content (AvgIpc) is 1.81. The van der Waals surface area contributed by atoms with Crippen molar-refractivity contribution in [1.82, 2.24) is 45.5 Å². The first-order valence-corrected chi connectivity index (χ1v) is 34.4. The van der Waals surface area contributed by atoms with E-state index >= 15 is 0 Å². The smallest absolute Gasteiger partial charge is 0.408 e. The van der Waals surface area contributed by atoms with Gasteiger partial charge in [-0.1, -0.05) is 97.6 Å². The Morgan fingerprint density at radius 3 is 2.04 bits per heavy atom. The molecule has 12 atom stereocenters. The van der Waals surface area contributed by atoms with E-state index in [0.29, 0.717) is 67.8 Å². The number of carbonyl (C=O) groups excluding carboxylic acids is 5. The molecule has 4 N–H and O–H groups in total. The van der Waals surface area contributed by atoms with E-state index in [1.165, 1.54) is 122 Å². The van der Waals surface area contributed by atoms with Crippen LogP contribution < -0.4 is 16.0 Å². The third-order valence-corrected chi connectivity index (χ3v) is 21.0. The quantitative estimate of drug-likeness (QED) is 0.0377. The van der Waals surface area contributed by atoms with Gasteiger partial charge in [-0.3, -0.25) is 14.4 Å². The molecule has 0 bridgehead atoms. The highest BCUT2D eigenvalue weighted by molar-refractivity contribution is 5.92. The molecule has 2 heterocycles. The number of alkyl carbamates (subject to hydrolysis) is 2. The normalized spacial score (nSPS) is 27.3. The Hall–Kier alpha value is -4.18. The number of rotatable bonds is 35. The highest BCUT2D eigenvalue weighted by atomic mass is 16.6. The standard InChI is InChI=1S/C69H121N9O7/c1-12-13-14-15-16-17-18-19-20-21-22-23-24-25-26-27-40-71-65(82)84-55-36-38-68(6)52(45-55)31-32-56-58-34-33-57(69(58,7)39-37-59(56)68)51(2)30-35-62(79)73-54-47-61(64(81)77(43-28-41-75(8)9)44-29-42-76(10)11)78(49-54)63(80)60(46-53-48-70-50-72-53)74-66(83)85-67(3,4)5/h19-20,48,50-52,54-61H,12-18,21-47,49H2,1-11H3,(H,70,72)(H,71,82)(H,73,79)(H,74,83)/b20-19-/t51-,52?,54+,55-,56?,57-,58?,59?,60?,61+,68+,69-/m1/s1. The summed E-state index contributed by atoms with van der Waals surface area (Å²) in [7, 11) is 8.09. The van der Waals surface area contributed by atoms with E-state index < -0.39 is 35.7 Å². The molecule has 5 fully saturated rings. The number of nitrogens with zero attached hydrogens (tertiary/aromatic N) is 5. The van der Waals surface area contributed by atoms with E-state index in [-0.39, 0.29) is 47.8 Å². The summed E-state index contributed by atoms with van der Waals surface area (Å²) in [4.78, 5) is 85.2. The summed E-state index contributed by atoms with van der Waals surface area (Å²) in [6, 6.07) is -2.30. The summed E-state index contributed by atoms with van der Waals surface area (Å²) in [5.74, 6) is 3.05. The molecule has 0 radical (unpaired) electrons. The van der Waals surface area contributed by atoms with Crippen LogP contribution in [0.3, 0.4) is 0 Å². The fourth-order valence-electron chi connectivity index (χ4n) is 16.5. The molecular formula is C69H121N9O7. The molecule has 0 aromatic carbocycles. The fraction of sp³-hybridized carbons (Fsp3) is 0.855. The third kappa shape index (κ3) is 21.5. The molecule has 1 aromatic rings. The number of likely N-dealkylation sites (tertiary alicyclic amines) is 1. The predicted molar refractivity (Wildman–Crippen MR) is 342 cm³/mol. The molecule has 5 aliphatic rings. The Morgan fingerprint density at radius 1 is 0.765 bits per heavy atom. The number of amides is 5. The second-order valence-corrected chi connectivity index (χ2v) is 29.2. The summed E-state index contributed by atoms with van der Waals surface area (Å²) >= 11 is 0. The minimum absolute atomic E-state index is 0.00575. The first-order chi connectivity index (χ1) is 40.6. The number of nitrogens with one attached hydrogen (secondary N) is 4. The van der Waals surface area contributed by atoms with E-state index in [2.05, 4.69) is 75.6 Å². The minimum atomic E-state index is -1.04. The largest absolute Gasteiger partial charge is 0.446 e. The molecule has 16 heteroatoms. The van der Waals surface area contributed by atoms with Gasteiger partial charge in [0.2, 0.25) is 17.7 Å². The van der Waals surface area contributed by atoms with Crippen molar-refractivity contribution in [2.24, 2.45) is 46.3 Å². The monoisotopic (exact) mass is 1190 g/mol. The van der Waals surface area contributed by atoms with Gasteiger partial charge in [0.15, 0.2) is 0 Å². The average molecular weight is 1190 g/mol. The number of allylic oxidation sites excluding steroid dienone is 2. The van der Waals surface area contributed by atoms with Crippen molar-refractivity contribution in [2.45, 2.75) is 265 Å². The SMILES string of the molecule is CCCCCCCC/C=C\CCCCCCCCNC(=O)O[C@@H]1CC[C@@]2(C)C(CCC3C2CC[C@@]2(C)C3CC[C@@H]2[C@H](C)CCC(=O)N[C@H]2C[C@@H](C(=O)N(CCCN(C)C)CCCN(C)C)N(C(=O)C(Cc3cnc[nH]3)NC(=O)OC(C)(C)C)C2)C1. The number of imidazole rings is 1. The lowest BCUT2D eigenvalue weighted by molar-refractivity contribution is -0.145. The maximum absolute atomic E-state index is 14.9.